The molecule has 1 N–H and O–H groups in total. The molecule has 0 spiro atoms. The first-order valence-corrected chi connectivity index (χ1v) is 5.91. The van der Waals surface area contributed by atoms with Gasteiger partial charge in [-0.15, -0.1) is 11.6 Å². The van der Waals surface area contributed by atoms with Crippen molar-refractivity contribution >= 4 is 23.3 Å². The molecule has 0 aliphatic heterocycles. The minimum absolute atomic E-state index is 0.247. The van der Waals surface area contributed by atoms with E-state index >= 15 is 0 Å². The number of aromatic nitrogens is 3. The summed E-state index contributed by atoms with van der Waals surface area (Å²) in [4.78, 5) is 15.8. The van der Waals surface area contributed by atoms with Crippen LogP contribution in [0.4, 0.5) is 5.82 Å². The molecule has 6 nitrogen and oxygen atoms in total. The summed E-state index contributed by atoms with van der Waals surface area (Å²) in [6.07, 6.45) is 2.96. The lowest BCUT2D eigenvalue weighted by molar-refractivity contribution is -0.115. The number of hydrogen-bond acceptors (Lipinski definition) is 4. The van der Waals surface area contributed by atoms with Crippen molar-refractivity contribution in [3.8, 4) is 11.9 Å². The van der Waals surface area contributed by atoms with Gasteiger partial charge in [-0.25, -0.2) is 4.98 Å². The fourth-order valence-electron chi connectivity index (χ4n) is 1.42. The number of hydrogen-bond donors (Lipinski definition) is 1. The smallest absolute Gasteiger partial charge is 0.243 e. The molecule has 1 atom stereocenters. The van der Waals surface area contributed by atoms with Crippen molar-refractivity contribution in [1.82, 2.24) is 14.8 Å². The lowest BCUT2D eigenvalue weighted by atomic mass is 10.3. The Balaban J connectivity index is 2.44. The fourth-order valence-corrected chi connectivity index (χ4v) is 1.47. The van der Waals surface area contributed by atoms with E-state index in [1.54, 1.807) is 31.3 Å². The maximum Gasteiger partial charge on any atom is 0.243 e. The van der Waals surface area contributed by atoms with Gasteiger partial charge >= 0.3 is 0 Å². The summed E-state index contributed by atoms with van der Waals surface area (Å²) in [7, 11) is 0. The summed E-state index contributed by atoms with van der Waals surface area (Å²) in [5, 5.41) is 14.9. The predicted molar refractivity (Wildman–Crippen MR) is 70.0 cm³/mol. The molecule has 1 amide bonds. The van der Waals surface area contributed by atoms with Crippen molar-refractivity contribution < 1.29 is 4.79 Å². The summed E-state index contributed by atoms with van der Waals surface area (Å²) in [5.41, 5.74) is 0.247. The standard InChI is InChI=1S/C12H10ClN5O/c1-8(13)12(19)17-11-9(6-14)7-16-18(11)10-4-2-3-5-15-10/h2-5,7-8H,1H3,(H,17,19). The summed E-state index contributed by atoms with van der Waals surface area (Å²) in [6, 6.07) is 7.22. The minimum Gasteiger partial charge on any atom is -0.308 e. The molecule has 2 aromatic rings. The maximum absolute atomic E-state index is 11.6. The van der Waals surface area contributed by atoms with Gasteiger partial charge in [0.15, 0.2) is 11.6 Å². The number of nitrogens with one attached hydrogen (secondary N) is 1. The quantitative estimate of drug-likeness (QED) is 0.864. The molecule has 19 heavy (non-hydrogen) atoms. The van der Waals surface area contributed by atoms with Gasteiger partial charge in [-0.2, -0.15) is 15.0 Å². The third kappa shape index (κ3) is 2.72. The number of carbonyl (C=O) groups excluding carboxylic acids is 1. The van der Waals surface area contributed by atoms with E-state index in [9.17, 15) is 4.79 Å². The van der Waals surface area contributed by atoms with Gasteiger partial charge in [-0.3, -0.25) is 4.79 Å². The fraction of sp³-hybridized carbons (Fsp3) is 0.167. The highest BCUT2D eigenvalue weighted by atomic mass is 35.5. The van der Waals surface area contributed by atoms with Crippen molar-refractivity contribution in [2.24, 2.45) is 0 Å². The highest BCUT2D eigenvalue weighted by Gasteiger charge is 2.17. The number of anilines is 1. The van der Waals surface area contributed by atoms with Crippen molar-refractivity contribution in [1.29, 1.82) is 5.26 Å². The molecule has 1 unspecified atom stereocenters. The molecule has 0 radical (unpaired) electrons. The third-order valence-corrected chi connectivity index (χ3v) is 2.56. The number of nitriles is 1. The molecule has 0 saturated heterocycles. The second-order valence-corrected chi connectivity index (χ2v) is 4.38. The van der Waals surface area contributed by atoms with E-state index in [0.717, 1.165) is 0 Å². The van der Waals surface area contributed by atoms with E-state index < -0.39 is 11.3 Å². The molecule has 0 saturated carbocycles. The Morgan fingerprint density at radius 3 is 2.95 bits per heavy atom. The molecule has 7 heteroatoms. The second-order valence-electron chi connectivity index (χ2n) is 3.72. The van der Waals surface area contributed by atoms with E-state index in [2.05, 4.69) is 15.4 Å². The topological polar surface area (TPSA) is 83.6 Å². The van der Waals surface area contributed by atoms with Gasteiger partial charge in [0.05, 0.1) is 6.20 Å². The first-order valence-electron chi connectivity index (χ1n) is 5.48. The van der Waals surface area contributed by atoms with E-state index in [4.69, 9.17) is 16.9 Å². The van der Waals surface area contributed by atoms with Crippen LogP contribution >= 0.6 is 11.6 Å². The van der Waals surface area contributed by atoms with Crippen LogP contribution in [0.5, 0.6) is 0 Å². The number of halogens is 1. The third-order valence-electron chi connectivity index (χ3n) is 2.36. The molecule has 96 valence electrons. The Morgan fingerprint density at radius 2 is 2.37 bits per heavy atom. The number of rotatable bonds is 3. The lowest BCUT2D eigenvalue weighted by Crippen LogP contribution is -2.22. The van der Waals surface area contributed by atoms with E-state index in [1.165, 1.54) is 10.9 Å². The van der Waals surface area contributed by atoms with Crippen LogP contribution in [-0.2, 0) is 4.79 Å². The summed E-state index contributed by atoms with van der Waals surface area (Å²) in [6.45, 7) is 1.55. The first kappa shape index (κ1) is 13.1. The van der Waals surface area contributed by atoms with Crippen LogP contribution in [0.25, 0.3) is 5.82 Å². The highest BCUT2D eigenvalue weighted by molar-refractivity contribution is 6.32. The average Bonchev–Trinajstić information content (AvgIpc) is 2.82. The van der Waals surface area contributed by atoms with Crippen molar-refractivity contribution in [3.05, 3.63) is 36.2 Å². The molecule has 2 rings (SSSR count). The normalized spacial score (nSPS) is 11.6. The minimum atomic E-state index is -0.710. The summed E-state index contributed by atoms with van der Waals surface area (Å²) < 4.78 is 1.38. The van der Waals surface area contributed by atoms with Crippen LogP contribution in [0.2, 0.25) is 0 Å². The van der Waals surface area contributed by atoms with Crippen molar-refractivity contribution in [3.63, 3.8) is 0 Å². The average molecular weight is 276 g/mol. The molecule has 0 aliphatic carbocycles. The molecule has 0 aromatic carbocycles. The summed E-state index contributed by atoms with van der Waals surface area (Å²) in [5.74, 6) is 0.357. The predicted octanol–water partition coefficient (Wildman–Crippen LogP) is 1.70. The molecular weight excluding hydrogens is 266 g/mol. The molecule has 2 heterocycles. The zero-order valence-electron chi connectivity index (χ0n) is 10.0. The van der Waals surface area contributed by atoms with E-state index in [-0.39, 0.29) is 11.4 Å². The molecule has 0 aliphatic rings. The van der Waals surface area contributed by atoms with Gasteiger partial charge in [0, 0.05) is 6.20 Å². The van der Waals surface area contributed by atoms with Gasteiger partial charge in [0.25, 0.3) is 0 Å². The van der Waals surface area contributed by atoms with E-state index in [0.29, 0.717) is 5.82 Å². The van der Waals surface area contributed by atoms with E-state index in [1.807, 2.05) is 6.07 Å². The van der Waals surface area contributed by atoms with Crippen LogP contribution < -0.4 is 5.32 Å². The molecule has 2 aromatic heterocycles. The van der Waals surface area contributed by atoms with Gasteiger partial charge in [0.1, 0.15) is 17.0 Å². The SMILES string of the molecule is CC(Cl)C(=O)Nc1c(C#N)cnn1-c1ccccn1. The van der Waals surface area contributed by atoms with Crippen molar-refractivity contribution in [2.45, 2.75) is 12.3 Å². The van der Waals surface area contributed by atoms with Crippen LogP contribution in [0.1, 0.15) is 12.5 Å². The first-order chi connectivity index (χ1) is 9.13. The number of alkyl halides is 1. The van der Waals surface area contributed by atoms with Gasteiger partial charge in [0.2, 0.25) is 5.91 Å². The number of carbonyl (C=O) groups is 1. The van der Waals surface area contributed by atoms with Gasteiger partial charge in [-0.1, -0.05) is 6.07 Å². The lowest BCUT2D eigenvalue weighted by Gasteiger charge is -2.09. The monoisotopic (exact) mass is 275 g/mol. The van der Waals surface area contributed by atoms with Crippen LogP contribution in [-0.4, -0.2) is 26.0 Å². The van der Waals surface area contributed by atoms with Crippen LogP contribution in [0, 0.1) is 11.3 Å². The number of amides is 1. The second kappa shape index (κ2) is 5.50. The van der Waals surface area contributed by atoms with Gasteiger partial charge < -0.3 is 5.32 Å². The molecule has 0 fully saturated rings. The molecule has 0 bridgehead atoms. The largest absolute Gasteiger partial charge is 0.308 e. The maximum atomic E-state index is 11.6. The Labute approximate surface area is 114 Å². The Hall–Kier alpha value is -2.39. The Bertz CT molecular complexity index is 629. The zero-order valence-corrected chi connectivity index (χ0v) is 10.8. The Morgan fingerprint density at radius 1 is 1.58 bits per heavy atom. The highest BCUT2D eigenvalue weighted by Crippen LogP contribution is 2.18. The summed E-state index contributed by atoms with van der Waals surface area (Å²) >= 11 is 5.70. The zero-order chi connectivity index (χ0) is 13.8. The van der Waals surface area contributed by atoms with Crippen LogP contribution in [0.15, 0.2) is 30.6 Å². The van der Waals surface area contributed by atoms with Crippen LogP contribution in [0.3, 0.4) is 0 Å². The number of pyridine rings is 1. The van der Waals surface area contributed by atoms with Gasteiger partial charge in [-0.05, 0) is 19.1 Å². The Kier molecular flexibility index (Phi) is 3.78. The number of nitrogens with zero attached hydrogens (tertiary/aromatic N) is 4. The van der Waals surface area contributed by atoms with Crippen molar-refractivity contribution in [2.75, 3.05) is 5.32 Å². The molecular formula is C12H10ClN5O.